The Morgan fingerprint density at radius 3 is 2.78 bits per heavy atom. The first-order valence-electron chi connectivity index (χ1n) is 9.34. The van der Waals surface area contributed by atoms with E-state index in [0.29, 0.717) is 29.6 Å². The molecule has 1 aliphatic rings. The van der Waals surface area contributed by atoms with Crippen molar-refractivity contribution < 1.29 is 9.53 Å². The molecule has 1 amide bonds. The van der Waals surface area contributed by atoms with Crippen molar-refractivity contribution in [3.63, 3.8) is 0 Å². The number of nitrogens with one attached hydrogen (secondary N) is 1. The number of likely N-dealkylation sites (tertiary alicyclic amines) is 1. The fourth-order valence-electron chi connectivity index (χ4n) is 3.40. The van der Waals surface area contributed by atoms with Crippen molar-refractivity contribution >= 4 is 39.8 Å². The molecule has 2 heterocycles. The van der Waals surface area contributed by atoms with Gasteiger partial charge in [0.15, 0.2) is 4.34 Å². The van der Waals surface area contributed by atoms with Gasteiger partial charge in [-0.25, -0.2) is 0 Å². The Kier molecular flexibility index (Phi) is 6.95. The molecule has 2 aromatic rings. The van der Waals surface area contributed by atoms with Gasteiger partial charge in [-0.05, 0) is 52.2 Å². The van der Waals surface area contributed by atoms with Crippen molar-refractivity contribution in [2.24, 2.45) is 0 Å². The van der Waals surface area contributed by atoms with E-state index in [0.717, 1.165) is 28.6 Å². The molecule has 1 aliphatic heterocycles. The summed E-state index contributed by atoms with van der Waals surface area (Å²) in [5.41, 5.74) is 0.860. The molecular weight excluding hydrogens is 380 g/mol. The summed E-state index contributed by atoms with van der Waals surface area (Å²) in [5, 5.41) is 12.3. The van der Waals surface area contributed by atoms with Crippen LogP contribution in [0.3, 0.4) is 0 Å². The largest absolute Gasteiger partial charge is 0.492 e. The van der Waals surface area contributed by atoms with Crippen molar-refractivity contribution in [1.82, 2.24) is 15.1 Å². The quantitative estimate of drug-likeness (QED) is 0.680. The summed E-state index contributed by atoms with van der Waals surface area (Å²) in [6.45, 7) is 6.84. The maximum atomic E-state index is 12.6. The molecule has 1 aromatic heterocycles. The molecule has 6 nitrogen and oxygen atoms in total. The lowest BCUT2D eigenvalue weighted by Gasteiger charge is -2.39. The Morgan fingerprint density at radius 2 is 2.04 bits per heavy atom. The van der Waals surface area contributed by atoms with Crippen LogP contribution in [-0.4, -0.2) is 45.4 Å². The van der Waals surface area contributed by atoms with Gasteiger partial charge < -0.3 is 15.0 Å². The Labute approximate surface area is 168 Å². The second kappa shape index (κ2) is 9.41. The number of aromatic nitrogens is 2. The van der Waals surface area contributed by atoms with E-state index < -0.39 is 0 Å². The molecule has 8 heteroatoms. The third-order valence-electron chi connectivity index (χ3n) is 4.64. The third-order valence-corrected chi connectivity index (χ3v) is 6.59. The van der Waals surface area contributed by atoms with Crippen LogP contribution in [0.5, 0.6) is 5.75 Å². The summed E-state index contributed by atoms with van der Waals surface area (Å²) < 4.78 is 6.41. The standard InChI is InChI=1S/C19H26N4O2S2/c1-4-25-16-11-6-5-10-15(16)20-18-21-22-19(27-18)26-12-17(24)23-13(2)8-7-9-14(23)3/h5-6,10-11,13-14H,4,7-9,12H2,1-3H3,(H,20,21)/t13-,14-/m1/s1. The van der Waals surface area contributed by atoms with Crippen LogP contribution in [0.2, 0.25) is 0 Å². The van der Waals surface area contributed by atoms with E-state index in [1.165, 1.54) is 29.5 Å². The number of amides is 1. The fraction of sp³-hybridized carbons (Fsp3) is 0.526. The lowest BCUT2D eigenvalue weighted by Crippen LogP contribution is -2.48. The maximum absolute atomic E-state index is 12.6. The van der Waals surface area contributed by atoms with Crippen molar-refractivity contribution in [2.75, 3.05) is 17.7 Å². The van der Waals surface area contributed by atoms with Crippen LogP contribution in [0.4, 0.5) is 10.8 Å². The van der Waals surface area contributed by atoms with Gasteiger partial charge in [0.05, 0.1) is 18.0 Å². The summed E-state index contributed by atoms with van der Waals surface area (Å²) in [6, 6.07) is 8.39. The van der Waals surface area contributed by atoms with Crippen LogP contribution in [-0.2, 0) is 4.79 Å². The van der Waals surface area contributed by atoms with Crippen molar-refractivity contribution in [1.29, 1.82) is 0 Å². The number of hydrogen-bond donors (Lipinski definition) is 1. The average Bonchev–Trinajstić information content (AvgIpc) is 3.09. The van der Waals surface area contributed by atoms with Crippen LogP contribution >= 0.6 is 23.1 Å². The molecule has 146 valence electrons. The van der Waals surface area contributed by atoms with E-state index in [-0.39, 0.29) is 5.91 Å². The minimum atomic E-state index is 0.186. The monoisotopic (exact) mass is 406 g/mol. The highest BCUT2D eigenvalue weighted by atomic mass is 32.2. The highest BCUT2D eigenvalue weighted by Crippen LogP contribution is 2.32. The molecule has 0 aliphatic carbocycles. The smallest absolute Gasteiger partial charge is 0.233 e. The van der Waals surface area contributed by atoms with E-state index in [9.17, 15) is 4.79 Å². The van der Waals surface area contributed by atoms with E-state index in [1.807, 2.05) is 36.1 Å². The number of carbonyl (C=O) groups excluding carboxylic acids is 1. The number of para-hydroxylation sites is 2. The zero-order valence-electron chi connectivity index (χ0n) is 16.0. The SMILES string of the molecule is CCOc1ccccc1Nc1nnc(SCC(=O)N2[C@H](C)CCC[C@H]2C)s1. The Hall–Kier alpha value is -1.80. The fourth-order valence-corrected chi connectivity index (χ4v) is 5.03. The number of anilines is 2. The Morgan fingerprint density at radius 1 is 1.30 bits per heavy atom. The molecule has 1 N–H and O–H groups in total. The molecule has 1 saturated heterocycles. The van der Waals surface area contributed by atoms with Gasteiger partial charge in [-0.2, -0.15) is 0 Å². The van der Waals surface area contributed by atoms with E-state index in [2.05, 4.69) is 29.4 Å². The molecule has 0 saturated carbocycles. The highest BCUT2D eigenvalue weighted by Gasteiger charge is 2.28. The molecule has 0 spiro atoms. The topological polar surface area (TPSA) is 67.3 Å². The molecule has 1 aromatic carbocycles. The summed E-state index contributed by atoms with van der Waals surface area (Å²) in [7, 11) is 0. The second-order valence-corrected chi connectivity index (χ2v) is 8.85. The minimum Gasteiger partial charge on any atom is -0.492 e. The van der Waals surface area contributed by atoms with Crippen molar-refractivity contribution in [3.8, 4) is 5.75 Å². The van der Waals surface area contributed by atoms with E-state index >= 15 is 0 Å². The molecule has 0 unspecified atom stereocenters. The number of piperidine rings is 1. The molecule has 3 rings (SSSR count). The summed E-state index contributed by atoms with van der Waals surface area (Å²) in [6.07, 6.45) is 3.38. The van der Waals surface area contributed by atoms with Gasteiger partial charge in [-0.3, -0.25) is 4.79 Å². The zero-order chi connectivity index (χ0) is 19.2. The van der Waals surface area contributed by atoms with Crippen LogP contribution in [0.25, 0.3) is 0 Å². The van der Waals surface area contributed by atoms with Gasteiger partial charge in [0.25, 0.3) is 0 Å². The lowest BCUT2D eigenvalue weighted by molar-refractivity contribution is -0.134. The first-order chi connectivity index (χ1) is 13.1. The van der Waals surface area contributed by atoms with Crippen LogP contribution in [0.1, 0.15) is 40.0 Å². The van der Waals surface area contributed by atoms with Crippen LogP contribution < -0.4 is 10.1 Å². The highest BCUT2D eigenvalue weighted by molar-refractivity contribution is 8.01. The van der Waals surface area contributed by atoms with Gasteiger partial charge in [0.1, 0.15) is 5.75 Å². The van der Waals surface area contributed by atoms with Gasteiger partial charge >= 0.3 is 0 Å². The predicted octanol–water partition coefficient (Wildman–Crippen LogP) is 4.56. The molecule has 1 fully saturated rings. The Balaban J connectivity index is 1.57. The molecule has 27 heavy (non-hydrogen) atoms. The summed E-state index contributed by atoms with van der Waals surface area (Å²) >= 11 is 2.90. The number of thioether (sulfide) groups is 1. The average molecular weight is 407 g/mol. The molecule has 0 radical (unpaired) electrons. The number of hydrogen-bond acceptors (Lipinski definition) is 7. The summed E-state index contributed by atoms with van der Waals surface area (Å²) in [4.78, 5) is 14.7. The van der Waals surface area contributed by atoms with Crippen LogP contribution in [0.15, 0.2) is 28.6 Å². The molecule has 2 atom stereocenters. The van der Waals surface area contributed by atoms with E-state index in [1.54, 1.807) is 0 Å². The van der Waals surface area contributed by atoms with Gasteiger partial charge in [-0.15, -0.1) is 10.2 Å². The third kappa shape index (κ3) is 5.13. The summed E-state index contributed by atoms with van der Waals surface area (Å²) in [5.74, 6) is 1.37. The number of nitrogens with zero attached hydrogens (tertiary/aromatic N) is 3. The number of rotatable bonds is 7. The van der Waals surface area contributed by atoms with Gasteiger partial charge in [0.2, 0.25) is 11.0 Å². The number of benzene rings is 1. The van der Waals surface area contributed by atoms with E-state index in [4.69, 9.17) is 4.74 Å². The first kappa shape index (κ1) is 19.9. The number of ether oxygens (including phenoxy) is 1. The normalized spacial score (nSPS) is 19.7. The van der Waals surface area contributed by atoms with Gasteiger partial charge in [-0.1, -0.05) is 35.2 Å². The number of carbonyl (C=O) groups is 1. The Bertz CT molecular complexity index is 758. The maximum Gasteiger partial charge on any atom is 0.233 e. The lowest BCUT2D eigenvalue weighted by atomic mass is 9.98. The molecule has 0 bridgehead atoms. The van der Waals surface area contributed by atoms with Gasteiger partial charge in [0, 0.05) is 12.1 Å². The first-order valence-corrected chi connectivity index (χ1v) is 11.1. The van der Waals surface area contributed by atoms with Crippen molar-refractivity contribution in [2.45, 2.75) is 56.5 Å². The second-order valence-electron chi connectivity index (χ2n) is 6.65. The zero-order valence-corrected chi connectivity index (χ0v) is 17.6. The van der Waals surface area contributed by atoms with Crippen LogP contribution in [0, 0.1) is 0 Å². The minimum absolute atomic E-state index is 0.186. The molecular formula is C19H26N4O2S2. The predicted molar refractivity (Wildman–Crippen MR) is 111 cm³/mol. The van der Waals surface area contributed by atoms with Crippen molar-refractivity contribution in [3.05, 3.63) is 24.3 Å².